The minimum atomic E-state index is -4.33. The molecule has 6 heteroatoms. The van der Waals surface area contributed by atoms with Gasteiger partial charge < -0.3 is 5.73 Å². The second-order valence-corrected chi connectivity index (χ2v) is 6.64. The van der Waals surface area contributed by atoms with Gasteiger partial charge in [0.2, 0.25) is 0 Å². The van der Waals surface area contributed by atoms with E-state index in [0.29, 0.717) is 10.8 Å². The van der Waals surface area contributed by atoms with Gasteiger partial charge in [-0.05, 0) is 18.1 Å². The summed E-state index contributed by atoms with van der Waals surface area (Å²) in [7, 11) is 0. The maximum Gasteiger partial charge on any atom is 0.416 e. The van der Waals surface area contributed by atoms with Crippen LogP contribution in [0.4, 0.5) is 13.2 Å². The summed E-state index contributed by atoms with van der Waals surface area (Å²) < 4.78 is 39.6. The first kappa shape index (κ1) is 16.6. The molecule has 0 radical (unpaired) electrons. The molecule has 0 spiro atoms. The zero-order chi connectivity index (χ0) is 15.5. The van der Waals surface area contributed by atoms with Gasteiger partial charge in [-0.3, -0.25) is 4.90 Å². The van der Waals surface area contributed by atoms with Crippen LogP contribution in [-0.4, -0.2) is 35.5 Å². The number of nitrogens with two attached hydrogens (primary N) is 1. The number of benzene rings is 1. The minimum absolute atomic E-state index is 0.203. The quantitative estimate of drug-likeness (QED) is 0.921. The normalized spacial score (nSPS) is 22.2. The molecule has 21 heavy (non-hydrogen) atoms. The molecule has 1 aliphatic heterocycles. The van der Waals surface area contributed by atoms with Crippen molar-refractivity contribution in [2.75, 3.05) is 25.4 Å². The Hall–Kier alpha value is -0.720. The summed E-state index contributed by atoms with van der Waals surface area (Å²) in [5.41, 5.74) is 5.56. The third kappa shape index (κ3) is 3.93. The molecule has 0 bridgehead atoms. The summed E-state index contributed by atoms with van der Waals surface area (Å²) in [6.45, 7) is 3.90. The summed E-state index contributed by atoms with van der Waals surface area (Å²) >= 11 is 1.90. The van der Waals surface area contributed by atoms with E-state index in [9.17, 15) is 13.2 Å². The summed E-state index contributed by atoms with van der Waals surface area (Å²) in [6, 6.07) is 5.43. The standard InChI is InChI=1S/C15H21F3N2S/c1-2-11-10-20(7-8-21-11)14(9-19)12-5-3-4-6-13(12)15(16,17)18/h3-6,11,14H,2,7-10,19H2,1H3. The topological polar surface area (TPSA) is 29.3 Å². The molecule has 2 N–H and O–H groups in total. The molecule has 2 nitrogen and oxygen atoms in total. The number of halogens is 3. The van der Waals surface area contributed by atoms with Gasteiger partial charge in [-0.1, -0.05) is 25.1 Å². The van der Waals surface area contributed by atoms with Crippen molar-refractivity contribution in [3.05, 3.63) is 35.4 Å². The molecule has 0 aromatic heterocycles. The highest BCUT2D eigenvalue weighted by molar-refractivity contribution is 8.00. The lowest BCUT2D eigenvalue weighted by atomic mass is 9.98. The van der Waals surface area contributed by atoms with Crippen molar-refractivity contribution in [3.8, 4) is 0 Å². The third-order valence-electron chi connectivity index (χ3n) is 3.91. The van der Waals surface area contributed by atoms with Crippen LogP contribution in [0.25, 0.3) is 0 Å². The van der Waals surface area contributed by atoms with Crippen molar-refractivity contribution in [3.63, 3.8) is 0 Å². The van der Waals surface area contributed by atoms with Gasteiger partial charge in [0.25, 0.3) is 0 Å². The fraction of sp³-hybridized carbons (Fsp3) is 0.600. The summed E-state index contributed by atoms with van der Waals surface area (Å²) in [5.74, 6) is 0.948. The second kappa shape index (κ2) is 7.03. The lowest BCUT2D eigenvalue weighted by Gasteiger charge is -2.38. The van der Waals surface area contributed by atoms with Crippen molar-refractivity contribution in [1.82, 2.24) is 4.90 Å². The number of thioether (sulfide) groups is 1. The van der Waals surface area contributed by atoms with Crippen LogP contribution >= 0.6 is 11.8 Å². The van der Waals surface area contributed by atoms with Gasteiger partial charge in [0.15, 0.2) is 0 Å². The Morgan fingerprint density at radius 1 is 1.38 bits per heavy atom. The zero-order valence-electron chi connectivity index (χ0n) is 12.1. The predicted octanol–water partition coefficient (Wildman–Crippen LogP) is 3.53. The lowest BCUT2D eigenvalue weighted by Crippen LogP contribution is -2.43. The van der Waals surface area contributed by atoms with Crippen LogP contribution in [0, 0.1) is 0 Å². The van der Waals surface area contributed by atoms with E-state index >= 15 is 0 Å². The first-order valence-electron chi connectivity index (χ1n) is 7.19. The molecule has 1 aromatic rings. The Morgan fingerprint density at radius 3 is 2.71 bits per heavy atom. The minimum Gasteiger partial charge on any atom is -0.329 e. The van der Waals surface area contributed by atoms with E-state index in [-0.39, 0.29) is 12.6 Å². The molecule has 0 amide bonds. The molecule has 2 unspecified atom stereocenters. The van der Waals surface area contributed by atoms with Crippen LogP contribution < -0.4 is 5.73 Å². The molecule has 1 aliphatic rings. The van der Waals surface area contributed by atoms with E-state index in [1.54, 1.807) is 12.1 Å². The van der Waals surface area contributed by atoms with Gasteiger partial charge in [0.05, 0.1) is 5.56 Å². The number of hydrogen-bond donors (Lipinski definition) is 1. The number of rotatable bonds is 4. The van der Waals surface area contributed by atoms with Crippen LogP contribution in [0.15, 0.2) is 24.3 Å². The molecule has 2 atom stereocenters. The Labute approximate surface area is 127 Å². The molecule has 118 valence electrons. The Kier molecular flexibility index (Phi) is 5.57. The Morgan fingerprint density at radius 2 is 2.10 bits per heavy atom. The molecule has 1 fully saturated rings. The molecular weight excluding hydrogens is 297 g/mol. The first-order valence-corrected chi connectivity index (χ1v) is 8.24. The maximum atomic E-state index is 13.2. The van der Waals surface area contributed by atoms with Crippen LogP contribution in [-0.2, 0) is 6.18 Å². The molecule has 1 aromatic carbocycles. The van der Waals surface area contributed by atoms with Gasteiger partial charge in [0.1, 0.15) is 0 Å². The van der Waals surface area contributed by atoms with E-state index in [0.717, 1.165) is 31.3 Å². The van der Waals surface area contributed by atoms with E-state index in [2.05, 4.69) is 11.8 Å². The SMILES string of the molecule is CCC1CN(C(CN)c2ccccc2C(F)(F)F)CCS1. The zero-order valence-corrected chi connectivity index (χ0v) is 12.9. The van der Waals surface area contributed by atoms with Crippen molar-refractivity contribution in [2.45, 2.75) is 30.8 Å². The highest BCUT2D eigenvalue weighted by atomic mass is 32.2. The van der Waals surface area contributed by atoms with Gasteiger partial charge in [-0.2, -0.15) is 24.9 Å². The molecule has 0 aliphatic carbocycles. The summed E-state index contributed by atoms with van der Waals surface area (Å²) in [5, 5.41) is 0.478. The average molecular weight is 318 g/mol. The maximum absolute atomic E-state index is 13.2. The Balaban J connectivity index is 2.29. The molecule has 1 saturated heterocycles. The summed E-state index contributed by atoms with van der Waals surface area (Å²) in [6.07, 6.45) is -3.31. The largest absolute Gasteiger partial charge is 0.416 e. The highest BCUT2D eigenvalue weighted by Gasteiger charge is 2.36. The Bertz CT molecular complexity index is 464. The van der Waals surface area contributed by atoms with Gasteiger partial charge in [0, 0.05) is 36.7 Å². The fourth-order valence-corrected chi connectivity index (χ4v) is 4.00. The van der Waals surface area contributed by atoms with Crippen molar-refractivity contribution in [1.29, 1.82) is 0 Å². The van der Waals surface area contributed by atoms with Gasteiger partial charge in [-0.25, -0.2) is 0 Å². The van der Waals surface area contributed by atoms with Gasteiger partial charge >= 0.3 is 6.18 Å². The van der Waals surface area contributed by atoms with Crippen LogP contribution in [0.3, 0.4) is 0 Å². The molecule has 0 saturated carbocycles. The average Bonchev–Trinajstić information content (AvgIpc) is 2.48. The van der Waals surface area contributed by atoms with E-state index < -0.39 is 11.7 Å². The smallest absolute Gasteiger partial charge is 0.329 e. The van der Waals surface area contributed by atoms with Crippen LogP contribution in [0.1, 0.15) is 30.5 Å². The van der Waals surface area contributed by atoms with Crippen molar-refractivity contribution < 1.29 is 13.2 Å². The predicted molar refractivity (Wildman–Crippen MR) is 81.3 cm³/mol. The lowest BCUT2D eigenvalue weighted by molar-refractivity contribution is -0.138. The number of alkyl halides is 3. The van der Waals surface area contributed by atoms with Gasteiger partial charge in [-0.15, -0.1) is 0 Å². The van der Waals surface area contributed by atoms with Crippen molar-refractivity contribution >= 4 is 11.8 Å². The van der Waals surface area contributed by atoms with Crippen LogP contribution in [0.5, 0.6) is 0 Å². The molecular formula is C15H21F3N2S. The second-order valence-electron chi connectivity index (χ2n) is 5.23. The monoisotopic (exact) mass is 318 g/mol. The summed E-state index contributed by atoms with van der Waals surface area (Å²) in [4.78, 5) is 2.11. The van der Waals surface area contributed by atoms with Crippen LogP contribution in [0.2, 0.25) is 0 Å². The number of nitrogens with zero attached hydrogens (tertiary/aromatic N) is 1. The number of hydrogen-bond acceptors (Lipinski definition) is 3. The van der Waals surface area contributed by atoms with E-state index in [4.69, 9.17) is 5.73 Å². The first-order chi connectivity index (χ1) is 9.97. The molecule has 2 rings (SSSR count). The molecule has 1 heterocycles. The highest BCUT2D eigenvalue weighted by Crippen LogP contribution is 2.37. The van der Waals surface area contributed by atoms with E-state index in [1.807, 2.05) is 11.8 Å². The fourth-order valence-electron chi connectivity index (χ4n) is 2.79. The van der Waals surface area contributed by atoms with Crippen molar-refractivity contribution in [2.24, 2.45) is 5.73 Å². The third-order valence-corrected chi connectivity index (χ3v) is 5.29. The van der Waals surface area contributed by atoms with E-state index in [1.165, 1.54) is 6.07 Å².